The molecule has 100 valence electrons. The van der Waals surface area contributed by atoms with E-state index in [1.165, 1.54) is 5.69 Å². The third-order valence-electron chi connectivity index (χ3n) is 5.12. The van der Waals surface area contributed by atoms with Gasteiger partial charge in [-0.2, -0.15) is 0 Å². The van der Waals surface area contributed by atoms with Gasteiger partial charge >= 0.3 is 0 Å². The van der Waals surface area contributed by atoms with Crippen LogP contribution in [0.3, 0.4) is 0 Å². The number of hydrogen-bond acceptors (Lipinski definition) is 2. The lowest BCUT2D eigenvalue weighted by atomic mass is 10.0. The van der Waals surface area contributed by atoms with Crippen molar-refractivity contribution in [1.82, 2.24) is 0 Å². The molecule has 1 aliphatic rings. The largest absolute Gasteiger partial charge is 0.497 e. The predicted octanol–water partition coefficient (Wildman–Crippen LogP) is 4.18. The van der Waals surface area contributed by atoms with Gasteiger partial charge in [0.15, 0.2) is 0 Å². The molecule has 0 saturated heterocycles. The maximum Gasteiger partial charge on any atom is 0.119 e. The first-order valence-electron chi connectivity index (χ1n) is 6.71. The van der Waals surface area contributed by atoms with Crippen molar-refractivity contribution >= 4 is 5.69 Å². The summed E-state index contributed by atoms with van der Waals surface area (Å²) in [6, 6.07) is 8.65. The van der Waals surface area contributed by atoms with E-state index in [9.17, 15) is 0 Å². The lowest BCUT2D eigenvalue weighted by Gasteiger charge is -2.17. The van der Waals surface area contributed by atoms with Crippen LogP contribution >= 0.6 is 0 Å². The minimum atomic E-state index is 0.423. The fourth-order valence-electron chi connectivity index (χ4n) is 3.53. The van der Waals surface area contributed by atoms with E-state index in [0.717, 1.165) is 5.75 Å². The Hall–Kier alpha value is -1.18. The van der Waals surface area contributed by atoms with E-state index >= 15 is 0 Å². The van der Waals surface area contributed by atoms with E-state index in [1.807, 2.05) is 12.1 Å². The van der Waals surface area contributed by atoms with Crippen LogP contribution in [0.5, 0.6) is 5.75 Å². The molecule has 0 radical (unpaired) electrons. The lowest BCUT2D eigenvalue weighted by Crippen LogP contribution is -2.21. The zero-order chi connectivity index (χ0) is 13.6. The van der Waals surface area contributed by atoms with Gasteiger partial charge in [0.2, 0.25) is 0 Å². The minimum absolute atomic E-state index is 0.423. The van der Waals surface area contributed by atoms with E-state index < -0.39 is 0 Å². The van der Waals surface area contributed by atoms with Gasteiger partial charge in [0.25, 0.3) is 0 Å². The number of benzene rings is 1. The molecular formula is C16H25NO. The fraction of sp³-hybridized carbons (Fsp3) is 0.625. The quantitative estimate of drug-likeness (QED) is 0.862. The van der Waals surface area contributed by atoms with Crippen LogP contribution in [0.2, 0.25) is 0 Å². The van der Waals surface area contributed by atoms with Gasteiger partial charge in [-0.15, -0.1) is 0 Å². The molecule has 1 saturated carbocycles. The molecule has 0 aliphatic heterocycles. The molecule has 2 heteroatoms. The van der Waals surface area contributed by atoms with Gasteiger partial charge in [0, 0.05) is 11.7 Å². The van der Waals surface area contributed by atoms with Crippen molar-refractivity contribution in [2.24, 2.45) is 16.7 Å². The maximum absolute atomic E-state index is 5.17. The predicted molar refractivity (Wildman–Crippen MR) is 77.1 cm³/mol. The topological polar surface area (TPSA) is 21.3 Å². The Morgan fingerprint density at radius 3 is 1.94 bits per heavy atom. The number of nitrogens with one attached hydrogen (secondary N) is 1. The molecule has 1 unspecified atom stereocenters. The van der Waals surface area contributed by atoms with Gasteiger partial charge in [-0.1, -0.05) is 27.7 Å². The Morgan fingerprint density at radius 1 is 1.06 bits per heavy atom. The van der Waals surface area contributed by atoms with Crippen molar-refractivity contribution in [2.75, 3.05) is 12.4 Å². The van der Waals surface area contributed by atoms with Crippen molar-refractivity contribution in [3.05, 3.63) is 24.3 Å². The summed E-state index contributed by atoms with van der Waals surface area (Å²) in [5.74, 6) is 1.62. The summed E-state index contributed by atoms with van der Waals surface area (Å²) in [6.45, 7) is 11.7. The molecule has 0 aromatic heterocycles. The molecule has 1 fully saturated rings. The SMILES string of the molecule is COc1ccc(NC(C)C2C(C)(C)C2(C)C)cc1. The monoisotopic (exact) mass is 247 g/mol. The fourth-order valence-corrected chi connectivity index (χ4v) is 3.53. The van der Waals surface area contributed by atoms with Crippen LogP contribution < -0.4 is 10.1 Å². The Bertz CT molecular complexity index is 405. The number of ether oxygens (including phenoxy) is 1. The Balaban J connectivity index is 2.02. The summed E-state index contributed by atoms with van der Waals surface area (Å²) in [5.41, 5.74) is 2.01. The number of rotatable bonds is 4. The average molecular weight is 247 g/mol. The van der Waals surface area contributed by atoms with E-state index in [1.54, 1.807) is 7.11 Å². The number of hydrogen-bond donors (Lipinski definition) is 1. The summed E-state index contributed by atoms with van der Waals surface area (Å²) >= 11 is 0. The highest BCUT2D eigenvalue weighted by molar-refractivity contribution is 5.47. The summed E-state index contributed by atoms with van der Waals surface area (Å²) in [6.07, 6.45) is 0. The van der Waals surface area contributed by atoms with Gasteiger partial charge in [0.05, 0.1) is 7.11 Å². The average Bonchev–Trinajstić information content (AvgIpc) is 2.70. The molecule has 2 rings (SSSR count). The second-order valence-electron chi connectivity index (χ2n) is 6.58. The van der Waals surface area contributed by atoms with Crippen molar-refractivity contribution in [2.45, 2.75) is 40.7 Å². The summed E-state index contributed by atoms with van der Waals surface area (Å²) in [4.78, 5) is 0. The zero-order valence-electron chi connectivity index (χ0n) is 12.4. The van der Waals surface area contributed by atoms with Gasteiger partial charge in [-0.25, -0.2) is 0 Å². The molecule has 18 heavy (non-hydrogen) atoms. The normalized spacial score (nSPS) is 22.3. The number of methoxy groups -OCH3 is 1. The molecule has 0 heterocycles. The lowest BCUT2D eigenvalue weighted by molar-refractivity contribution is 0.415. The molecule has 0 spiro atoms. The van der Waals surface area contributed by atoms with E-state index in [2.05, 4.69) is 52.1 Å². The molecule has 0 bridgehead atoms. The molecular weight excluding hydrogens is 222 g/mol. The van der Waals surface area contributed by atoms with Crippen molar-refractivity contribution in [1.29, 1.82) is 0 Å². The Morgan fingerprint density at radius 2 is 1.56 bits per heavy atom. The highest BCUT2D eigenvalue weighted by atomic mass is 16.5. The van der Waals surface area contributed by atoms with Gasteiger partial charge < -0.3 is 10.1 Å². The Labute approximate surface area is 111 Å². The molecule has 1 aliphatic carbocycles. The van der Waals surface area contributed by atoms with Crippen molar-refractivity contribution in [3.63, 3.8) is 0 Å². The highest BCUT2D eigenvalue weighted by Gasteiger charge is 2.66. The van der Waals surface area contributed by atoms with Crippen LogP contribution in [-0.2, 0) is 0 Å². The molecule has 1 aromatic rings. The van der Waals surface area contributed by atoms with E-state index in [4.69, 9.17) is 4.74 Å². The van der Waals surface area contributed by atoms with Crippen LogP contribution in [0.1, 0.15) is 34.6 Å². The third-order valence-corrected chi connectivity index (χ3v) is 5.12. The van der Waals surface area contributed by atoms with Gasteiger partial charge in [-0.05, 0) is 47.9 Å². The van der Waals surface area contributed by atoms with Crippen LogP contribution in [0.4, 0.5) is 5.69 Å². The Kier molecular flexibility index (Phi) is 3.08. The minimum Gasteiger partial charge on any atom is -0.497 e. The second-order valence-corrected chi connectivity index (χ2v) is 6.58. The van der Waals surface area contributed by atoms with Crippen LogP contribution in [0.25, 0.3) is 0 Å². The van der Waals surface area contributed by atoms with Crippen molar-refractivity contribution < 1.29 is 4.74 Å². The summed E-state index contributed by atoms with van der Waals surface area (Å²) < 4.78 is 5.17. The van der Waals surface area contributed by atoms with Gasteiger partial charge in [0.1, 0.15) is 5.75 Å². The molecule has 1 N–H and O–H groups in total. The van der Waals surface area contributed by atoms with Crippen molar-refractivity contribution in [3.8, 4) is 5.75 Å². The van der Waals surface area contributed by atoms with E-state index in [-0.39, 0.29) is 0 Å². The van der Waals surface area contributed by atoms with Crippen LogP contribution in [-0.4, -0.2) is 13.2 Å². The molecule has 2 nitrogen and oxygen atoms in total. The molecule has 1 aromatic carbocycles. The van der Waals surface area contributed by atoms with Crippen LogP contribution in [0, 0.1) is 16.7 Å². The molecule has 0 amide bonds. The zero-order valence-corrected chi connectivity index (χ0v) is 12.4. The summed E-state index contributed by atoms with van der Waals surface area (Å²) in [5, 5.41) is 3.61. The summed E-state index contributed by atoms with van der Waals surface area (Å²) in [7, 11) is 1.69. The first-order valence-corrected chi connectivity index (χ1v) is 6.71. The van der Waals surface area contributed by atoms with E-state index in [0.29, 0.717) is 22.8 Å². The second kappa shape index (κ2) is 4.18. The highest BCUT2D eigenvalue weighted by Crippen LogP contribution is 2.69. The van der Waals surface area contributed by atoms with Crippen LogP contribution in [0.15, 0.2) is 24.3 Å². The standard InChI is InChI=1S/C16H25NO/c1-11(14-15(2,3)16(14,4)5)17-12-7-9-13(18-6)10-8-12/h7-11,14,17H,1-6H3. The first-order chi connectivity index (χ1) is 8.30. The maximum atomic E-state index is 5.17. The third kappa shape index (κ3) is 1.98. The van der Waals surface area contributed by atoms with Gasteiger partial charge in [-0.3, -0.25) is 0 Å². The molecule has 1 atom stereocenters. The smallest absolute Gasteiger partial charge is 0.119 e. The first kappa shape index (κ1) is 13.3. The number of anilines is 1.